The van der Waals surface area contributed by atoms with Crippen molar-refractivity contribution in [2.24, 2.45) is 0 Å². The lowest BCUT2D eigenvalue weighted by atomic mass is 9.98. The highest BCUT2D eigenvalue weighted by molar-refractivity contribution is 5.94. The molecule has 2 heterocycles. The number of ether oxygens (including phenoxy) is 1. The maximum absolute atomic E-state index is 12.5. The SMILES string of the molecule is CCCCN(Cc1ccc(-c2ccccc2-c2nn[nH]n2)cc1)c1ncccc1C(=O)OCC. The number of nitrogens with one attached hydrogen (secondary N) is 1. The van der Waals surface area contributed by atoms with E-state index in [-0.39, 0.29) is 5.97 Å². The molecule has 1 N–H and O–H groups in total. The molecule has 0 fully saturated rings. The maximum atomic E-state index is 12.5. The molecule has 0 aliphatic rings. The van der Waals surface area contributed by atoms with Crippen LogP contribution in [0.25, 0.3) is 22.5 Å². The molecule has 0 atom stereocenters. The molecule has 0 radical (unpaired) electrons. The lowest BCUT2D eigenvalue weighted by molar-refractivity contribution is 0.0526. The summed E-state index contributed by atoms with van der Waals surface area (Å²) in [6.07, 6.45) is 3.76. The topological polar surface area (TPSA) is 96.9 Å². The molecule has 0 aliphatic heterocycles. The summed E-state index contributed by atoms with van der Waals surface area (Å²) >= 11 is 0. The fourth-order valence-electron chi connectivity index (χ4n) is 3.84. The minimum absolute atomic E-state index is 0.328. The number of hydrogen-bond donors (Lipinski definition) is 1. The van der Waals surface area contributed by atoms with Gasteiger partial charge in [0, 0.05) is 24.8 Å². The van der Waals surface area contributed by atoms with Crippen LogP contribution in [-0.4, -0.2) is 44.7 Å². The van der Waals surface area contributed by atoms with Gasteiger partial charge < -0.3 is 9.64 Å². The number of unbranched alkanes of at least 4 members (excludes halogenated alkanes) is 1. The molecule has 0 unspecified atom stereocenters. The van der Waals surface area contributed by atoms with Crippen LogP contribution >= 0.6 is 0 Å². The second kappa shape index (κ2) is 11.2. The molecule has 0 spiro atoms. The summed E-state index contributed by atoms with van der Waals surface area (Å²) in [4.78, 5) is 19.2. The number of esters is 1. The quantitative estimate of drug-likeness (QED) is 0.339. The Labute approximate surface area is 199 Å². The Hall–Kier alpha value is -4.07. The normalized spacial score (nSPS) is 10.8. The van der Waals surface area contributed by atoms with Crippen LogP contribution in [0, 0.1) is 0 Å². The fraction of sp³-hybridized carbons (Fsp3) is 0.269. The molecular formula is C26H28N6O2. The Morgan fingerprint density at radius 3 is 2.50 bits per heavy atom. The number of carbonyl (C=O) groups is 1. The van der Waals surface area contributed by atoms with Crippen molar-refractivity contribution in [2.45, 2.75) is 33.2 Å². The van der Waals surface area contributed by atoms with Crippen LogP contribution in [0.15, 0.2) is 66.9 Å². The van der Waals surface area contributed by atoms with Crippen molar-refractivity contribution in [3.05, 3.63) is 78.0 Å². The van der Waals surface area contributed by atoms with Gasteiger partial charge in [0.2, 0.25) is 5.82 Å². The number of aromatic amines is 1. The van der Waals surface area contributed by atoms with Crippen molar-refractivity contribution in [2.75, 3.05) is 18.1 Å². The zero-order valence-electron chi connectivity index (χ0n) is 19.4. The third kappa shape index (κ3) is 5.28. The fourth-order valence-corrected chi connectivity index (χ4v) is 3.84. The number of H-pyrrole nitrogens is 1. The number of carbonyl (C=O) groups excluding carboxylic acids is 1. The molecule has 4 rings (SSSR count). The molecule has 34 heavy (non-hydrogen) atoms. The summed E-state index contributed by atoms with van der Waals surface area (Å²) in [6, 6.07) is 19.9. The molecule has 2 aromatic heterocycles. The first-order chi connectivity index (χ1) is 16.7. The van der Waals surface area contributed by atoms with Crippen LogP contribution < -0.4 is 4.90 Å². The summed E-state index contributed by atoms with van der Waals surface area (Å²) in [6.45, 7) is 5.72. The van der Waals surface area contributed by atoms with E-state index in [1.807, 2.05) is 24.3 Å². The van der Waals surface area contributed by atoms with Crippen molar-refractivity contribution in [3.63, 3.8) is 0 Å². The Bertz CT molecular complexity index is 1210. The van der Waals surface area contributed by atoms with Crippen LogP contribution in [0.4, 0.5) is 5.82 Å². The first kappa shape index (κ1) is 23.1. The Morgan fingerprint density at radius 2 is 1.79 bits per heavy atom. The van der Waals surface area contributed by atoms with E-state index in [1.54, 1.807) is 25.3 Å². The number of tetrazole rings is 1. The molecule has 0 saturated heterocycles. The number of pyridine rings is 1. The van der Waals surface area contributed by atoms with Crippen molar-refractivity contribution in [1.82, 2.24) is 25.6 Å². The van der Waals surface area contributed by atoms with Crippen LogP contribution in [0.5, 0.6) is 0 Å². The lowest BCUT2D eigenvalue weighted by Crippen LogP contribution is -2.27. The third-order valence-corrected chi connectivity index (χ3v) is 5.51. The smallest absolute Gasteiger partial charge is 0.341 e. The molecular weight excluding hydrogens is 428 g/mol. The third-order valence-electron chi connectivity index (χ3n) is 5.51. The van der Waals surface area contributed by atoms with Crippen LogP contribution in [0.2, 0.25) is 0 Å². The van der Waals surface area contributed by atoms with E-state index in [9.17, 15) is 4.79 Å². The summed E-state index contributed by atoms with van der Waals surface area (Å²) in [5.41, 5.74) is 4.63. The van der Waals surface area contributed by atoms with E-state index < -0.39 is 0 Å². The monoisotopic (exact) mass is 456 g/mol. The van der Waals surface area contributed by atoms with E-state index in [4.69, 9.17) is 4.74 Å². The average Bonchev–Trinajstić information content (AvgIpc) is 3.42. The Kier molecular flexibility index (Phi) is 7.60. The predicted molar refractivity (Wildman–Crippen MR) is 131 cm³/mol. The van der Waals surface area contributed by atoms with Gasteiger partial charge >= 0.3 is 5.97 Å². The van der Waals surface area contributed by atoms with Crippen molar-refractivity contribution in [3.8, 4) is 22.5 Å². The van der Waals surface area contributed by atoms with Gasteiger partial charge in [0.05, 0.1) is 6.61 Å². The summed E-state index contributed by atoms with van der Waals surface area (Å²) in [5.74, 6) is 0.869. The summed E-state index contributed by atoms with van der Waals surface area (Å²) in [7, 11) is 0. The second-order valence-corrected chi connectivity index (χ2v) is 7.85. The van der Waals surface area contributed by atoms with Gasteiger partial charge in [0.15, 0.2) is 0 Å². The molecule has 174 valence electrons. The number of hydrogen-bond acceptors (Lipinski definition) is 7. The molecule has 2 aromatic carbocycles. The highest BCUT2D eigenvalue weighted by atomic mass is 16.5. The Balaban J connectivity index is 1.60. The molecule has 8 heteroatoms. The maximum Gasteiger partial charge on any atom is 0.341 e. The lowest BCUT2D eigenvalue weighted by Gasteiger charge is -2.25. The first-order valence-electron chi connectivity index (χ1n) is 11.5. The molecule has 4 aromatic rings. The number of anilines is 1. The van der Waals surface area contributed by atoms with Gasteiger partial charge in [-0.05, 0) is 47.4 Å². The minimum atomic E-state index is -0.347. The molecule has 0 aliphatic carbocycles. The largest absolute Gasteiger partial charge is 0.462 e. The van der Waals surface area contributed by atoms with E-state index >= 15 is 0 Å². The summed E-state index contributed by atoms with van der Waals surface area (Å²) in [5, 5.41) is 14.5. The van der Waals surface area contributed by atoms with Crippen molar-refractivity contribution < 1.29 is 9.53 Å². The van der Waals surface area contributed by atoms with E-state index in [2.05, 4.69) is 61.7 Å². The molecule has 0 amide bonds. The van der Waals surface area contributed by atoms with Crippen LogP contribution in [-0.2, 0) is 11.3 Å². The molecule has 0 saturated carbocycles. The van der Waals surface area contributed by atoms with Gasteiger partial charge in [-0.3, -0.25) is 0 Å². The number of aromatic nitrogens is 5. The van der Waals surface area contributed by atoms with Gasteiger partial charge in [-0.2, -0.15) is 5.21 Å². The highest BCUT2D eigenvalue weighted by Gasteiger charge is 2.19. The minimum Gasteiger partial charge on any atom is -0.462 e. The second-order valence-electron chi connectivity index (χ2n) is 7.85. The average molecular weight is 457 g/mol. The van der Waals surface area contributed by atoms with E-state index in [1.165, 1.54) is 0 Å². The Morgan fingerprint density at radius 1 is 1.00 bits per heavy atom. The van der Waals surface area contributed by atoms with Crippen molar-refractivity contribution in [1.29, 1.82) is 0 Å². The molecule has 0 bridgehead atoms. The number of nitrogens with zero attached hydrogens (tertiary/aromatic N) is 5. The van der Waals surface area contributed by atoms with E-state index in [0.29, 0.717) is 30.4 Å². The highest BCUT2D eigenvalue weighted by Crippen LogP contribution is 2.30. The van der Waals surface area contributed by atoms with Crippen LogP contribution in [0.3, 0.4) is 0 Å². The summed E-state index contributed by atoms with van der Waals surface area (Å²) < 4.78 is 5.26. The number of rotatable bonds is 10. The van der Waals surface area contributed by atoms with Gasteiger partial charge in [0.25, 0.3) is 0 Å². The zero-order chi connectivity index (χ0) is 23.8. The predicted octanol–water partition coefficient (Wildman–Crippen LogP) is 4.91. The van der Waals surface area contributed by atoms with E-state index in [0.717, 1.165) is 41.6 Å². The van der Waals surface area contributed by atoms with Gasteiger partial charge in [-0.1, -0.05) is 61.9 Å². The first-order valence-corrected chi connectivity index (χ1v) is 11.5. The van der Waals surface area contributed by atoms with Crippen molar-refractivity contribution >= 4 is 11.8 Å². The van der Waals surface area contributed by atoms with Gasteiger partial charge in [-0.25, -0.2) is 9.78 Å². The number of benzene rings is 2. The standard InChI is InChI=1S/C26H28N6O2/c1-3-5-17-32(25-23(11-8-16-27-25)26(33)34-4-2)18-19-12-14-20(15-13-19)21-9-6-7-10-22(21)24-28-30-31-29-24/h6-16H,3-5,17-18H2,1-2H3,(H,28,29,30,31). The van der Waals surface area contributed by atoms with Gasteiger partial charge in [0.1, 0.15) is 11.4 Å². The van der Waals surface area contributed by atoms with Gasteiger partial charge in [-0.15, -0.1) is 10.2 Å². The zero-order valence-corrected chi connectivity index (χ0v) is 19.4. The van der Waals surface area contributed by atoms with Crippen LogP contribution in [0.1, 0.15) is 42.6 Å². The molecule has 8 nitrogen and oxygen atoms in total.